The Kier molecular flexibility index (Phi) is 6.90. The number of nitrogens with one attached hydrogen (secondary N) is 1. The van der Waals surface area contributed by atoms with Crippen molar-refractivity contribution in [1.82, 2.24) is 34.2 Å². The van der Waals surface area contributed by atoms with Gasteiger partial charge in [-0.1, -0.05) is 11.6 Å². The number of halogens is 1. The topological polar surface area (TPSA) is 119 Å². The van der Waals surface area contributed by atoms with Crippen molar-refractivity contribution in [3.63, 3.8) is 0 Å². The van der Waals surface area contributed by atoms with E-state index in [9.17, 15) is 9.59 Å². The number of benzene rings is 1. The molecular formula is C26H27ClN8O4. The summed E-state index contributed by atoms with van der Waals surface area (Å²) >= 11 is 6.30. The summed E-state index contributed by atoms with van der Waals surface area (Å²) in [4.78, 5) is 34.8. The number of carbonyl (C=O) groups excluding carboxylic acids is 2. The molecule has 6 rings (SSSR count). The van der Waals surface area contributed by atoms with E-state index in [1.807, 2.05) is 4.90 Å². The molecule has 12 nitrogen and oxygen atoms in total. The summed E-state index contributed by atoms with van der Waals surface area (Å²) in [6.07, 6.45) is 6.41. The highest BCUT2D eigenvalue weighted by molar-refractivity contribution is 6.31. The van der Waals surface area contributed by atoms with Gasteiger partial charge in [-0.3, -0.25) is 19.2 Å². The van der Waals surface area contributed by atoms with Crippen LogP contribution in [0.5, 0.6) is 5.75 Å². The van der Waals surface area contributed by atoms with Gasteiger partial charge < -0.3 is 19.7 Å². The molecular weight excluding hydrogens is 524 g/mol. The fraction of sp³-hybridized carbons (Fsp3) is 0.346. The summed E-state index contributed by atoms with van der Waals surface area (Å²) in [5.41, 5.74) is 2.14. The Labute approximate surface area is 229 Å². The predicted molar refractivity (Wildman–Crippen MR) is 143 cm³/mol. The predicted octanol–water partition coefficient (Wildman–Crippen LogP) is 2.05. The molecule has 0 bridgehead atoms. The van der Waals surface area contributed by atoms with E-state index in [1.165, 1.54) is 15.4 Å². The molecule has 1 N–H and O–H groups in total. The lowest BCUT2D eigenvalue weighted by Crippen LogP contribution is -2.63. The molecule has 2 aliphatic rings. The lowest BCUT2D eigenvalue weighted by molar-refractivity contribution is -0.140. The molecule has 2 saturated heterocycles. The fourth-order valence-electron chi connectivity index (χ4n) is 4.91. The lowest BCUT2D eigenvalue weighted by Gasteiger charge is -2.46. The van der Waals surface area contributed by atoms with Gasteiger partial charge in [0.05, 0.1) is 32.2 Å². The summed E-state index contributed by atoms with van der Waals surface area (Å²) in [6, 6.07) is 7.24. The molecule has 0 atom stereocenters. The van der Waals surface area contributed by atoms with Gasteiger partial charge in [0.15, 0.2) is 5.65 Å². The summed E-state index contributed by atoms with van der Waals surface area (Å²) in [5, 5.41) is 12.3. The van der Waals surface area contributed by atoms with Crippen molar-refractivity contribution in [2.75, 3.05) is 51.8 Å². The molecule has 13 heteroatoms. The zero-order valence-corrected chi connectivity index (χ0v) is 22.0. The number of nitrogens with zero attached hydrogens (tertiary/aromatic N) is 7. The smallest absolute Gasteiger partial charge is 0.261 e. The highest BCUT2D eigenvalue weighted by Crippen LogP contribution is 2.36. The molecule has 0 radical (unpaired) electrons. The van der Waals surface area contributed by atoms with E-state index in [-0.39, 0.29) is 12.5 Å². The second-order valence-corrected chi connectivity index (χ2v) is 9.87. The number of methoxy groups -OCH3 is 1. The molecule has 202 valence electrons. The zero-order valence-electron chi connectivity index (χ0n) is 21.3. The van der Waals surface area contributed by atoms with Crippen LogP contribution in [0.4, 0.5) is 5.69 Å². The third-order valence-corrected chi connectivity index (χ3v) is 7.26. The second kappa shape index (κ2) is 10.6. The quantitative estimate of drug-likeness (QED) is 0.371. The number of rotatable bonds is 7. The molecule has 5 heterocycles. The minimum absolute atomic E-state index is 0.0276. The van der Waals surface area contributed by atoms with E-state index in [0.29, 0.717) is 58.1 Å². The third-order valence-electron chi connectivity index (χ3n) is 7.02. The van der Waals surface area contributed by atoms with E-state index in [1.54, 1.807) is 50.0 Å². The van der Waals surface area contributed by atoms with Crippen LogP contribution in [0.25, 0.3) is 16.9 Å². The second-order valence-electron chi connectivity index (χ2n) is 9.43. The Morgan fingerprint density at radius 3 is 2.85 bits per heavy atom. The van der Waals surface area contributed by atoms with Crippen molar-refractivity contribution in [3.8, 4) is 17.0 Å². The lowest BCUT2D eigenvalue weighted by atomic mass is 10.1. The first kappa shape index (κ1) is 25.3. The zero-order chi connectivity index (χ0) is 26.9. The summed E-state index contributed by atoms with van der Waals surface area (Å²) in [5.74, 6) is 0.0736. The van der Waals surface area contributed by atoms with Crippen molar-refractivity contribution in [2.45, 2.75) is 12.6 Å². The SMILES string of the molecule is COc1ccc(Cl)cc1-c1nn(CC(=O)N2CC(N3CCOCC3)C2)cc1NC(=O)c1cnn2cccnc12. The Balaban J connectivity index is 1.25. The highest BCUT2D eigenvalue weighted by Gasteiger charge is 2.35. The Bertz CT molecular complexity index is 1520. The number of hydrogen-bond donors (Lipinski definition) is 1. The van der Waals surface area contributed by atoms with Gasteiger partial charge in [-0.15, -0.1) is 0 Å². The number of anilines is 1. The van der Waals surface area contributed by atoms with E-state index in [0.717, 1.165) is 26.3 Å². The molecule has 3 aromatic heterocycles. The van der Waals surface area contributed by atoms with Crippen LogP contribution >= 0.6 is 11.6 Å². The molecule has 2 fully saturated rings. The number of fused-ring (bicyclic) bond motifs is 1. The van der Waals surface area contributed by atoms with Crippen molar-refractivity contribution < 1.29 is 19.1 Å². The van der Waals surface area contributed by atoms with Gasteiger partial charge >= 0.3 is 0 Å². The number of carbonyl (C=O) groups is 2. The Hall–Kier alpha value is -4.00. The van der Waals surface area contributed by atoms with Crippen LogP contribution in [-0.2, 0) is 16.1 Å². The van der Waals surface area contributed by atoms with Gasteiger partial charge in [0.1, 0.15) is 23.6 Å². The van der Waals surface area contributed by atoms with Gasteiger partial charge in [0.25, 0.3) is 5.91 Å². The molecule has 1 aromatic carbocycles. The molecule has 2 aliphatic heterocycles. The number of amides is 2. The minimum atomic E-state index is -0.409. The van der Waals surface area contributed by atoms with Crippen molar-refractivity contribution >= 4 is 34.7 Å². The van der Waals surface area contributed by atoms with Crippen molar-refractivity contribution in [1.29, 1.82) is 0 Å². The fourth-order valence-corrected chi connectivity index (χ4v) is 5.08. The average molecular weight is 551 g/mol. The standard InChI is InChI=1S/C26H27ClN8O4/c1-38-22-4-3-17(27)11-19(22)24-21(30-26(37)20-12-29-35-6-2-5-28-25(20)35)15-34(31-24)16-23(36)33-13-18(14-33)32-7-9-39-10-8-32/h2-6,11-12,15,18H,7-10,13-14,16H2,1H3,(H,30,37). The van der Waals surface area contributed by atoms with Crippen LogP contribution < -0.4 is 10.1 Å². The van der Waals surface area contributed by atoms with Crippen LogP contribution in [-0.4, -0.2) is 98.5 Å². The van der Waals surface area contributed by atoms with E-state index in [4.69, 9.17) is 21.1 Å². The summed E-state index contributed by atoms with van der Waals surface area (Å²) < 4.78 is 14.0. The maximum absolute atomic E-state index is 13.3. The molecule has 4 aromatic rings. The molecule has 0 aliphatic carbocycles. The average Bonchev–Trinajstić information content (AvgIpc) is 3.52. The number of ether oxygens (including phenoxy) is 2. The number of aromatic nitrogens is 5. The molecule has 2 amide bonds. The van der Waals surface area contributed by atoms with Gasteiger partial charge in [0, 0.05) is 61.4 Å². The summed E-state index contributed by atoms with van der Waals surface area (Å²) in [7, 11) is 1.55. The Morgan fingerprint density at radius 1 is 1.23 bits per heavy atom. The molecule has 39 heavy (non-hydrogen) atoms. The van der Waals surface area contributed by atoms with Crippen LogP contribution in [0, 0.1) is 0 Å². The highest BCUT2D eigenvalue weighted by atomic mass is 35.5. The number of hydrogen-bond acceptors (Lipinski definition) is 8. The van der Waals surface area contributed by atoms with Gasteiger partial charge in [-0.2, -0.15) is 10.2 Å². The van der Waals surface area contributed by atoms with Gasteiger partial charge in [-0.05, 0) is 24.3 Å². The maximum Gasteiger partial charge on any atom is 0.261 e. The number of morpholine rings is 1. The molecule has 0 saturated carbocycles. The summed E-state index contributed by atoms with van der Waals surface area (Å²) in [6.45, 7) is 4.63. The van der Waals surface area contributed by atoms with E-state index < -0.39 is 5.91 Å². The van der Waals surface area contributed by atoms with E-state index in [2.05, 4.69) is 25.4 Å². The largest absolute Gasteiger partial charge is 0.496 e. The maximum atomic E-state index is 13.3. The van der Waals surface area contributed by atoms with Crippen LogP contribution in [0.15, 0.2) is 49.1 Å². The Morgan fingerprint density at radius 2 is 2.05 bits per heavy atom. The normalized spacial score (nSPS) is 16.3. The van der Waals surface area contributed by atoms with Crippen LogP contribution in [0.1, 0.15) is 10.4 Å². The van der Waals surface area contributed by atoms with Crippen molar-refractivity contribution in [2.24, 2.45) is 0 Å². The van der Waals surface area contributed by atoms with Gasteiger partial charge in [-0.25, -0.2) is 9.50 Å². The first-order valence-electron chi connectivity index (χ1n) is 12.6. The monoisotopic (exact) mass is 550 g/mol. The third kappa shape index (κ3) is 5.05. The van der Waals surface area contributed by atoms with Gasteiger partial charge in [0.2, 0.25) is 5.91 Å². The first-order valence-corrected chi connectivity index (χ1v) is 13.0. The minimum Gasteiger partial charge on any atom is -0.496 e. The number of likely N-dealkylation sites (tertiary alicyclic amines) is 1. The van der Waals surface area contributed by atoms with E-state index >= 15 is 0 Å². The van der Waals surface area contributed by atoms with Crippen LogP contribution in [0.2, 0.25) is 5.02 Å². The molecule has 0 unspecified atom stereocenters. The molecule has 0 spiro atoms. The van der Waals surface area contributed by atoms with Crippen molar-refractivity contribution in [3.05, 3.63) is 59.6 Å². The first-order chi connectivity index (χ1) is 19.0. The van der Waals surface area contributed by atoms with Crippen LogP contribution in [0.3, 0.4) is 0 Å².